The van der Waals surface area contributed by atoms with Crippen LogP contribution < -0.4 is 9.64 Å². The van der Waals surface area contributed by atoms with E-state index in [1.807, 2.05) is 18.2 Å². The van der Waals surface area contributed by atoms with E-state index in [9.17, 15) is 24.5 Å². The first kappa shape index (κ1) is 24.1. The molecule has 0 saturated carbocycles. The van der Waals surface area contributed by atoms with Crippen molar-refractivity contribution in [3.05, 3.63) is 72.0 Å². The van der Waals surface area contributed by atoms with Crippen molar-refractivity contribution in [2.24, 2.45) is 11.8 Å². The number of anilines is 1. The van der Waals surface area contributed by atoms with E-state index in [1.54, 1.807) is 30.3 Å². The second-order valence-corrected chi connectivity index (χ2v) is 10.2. The molecule has 4 atom stereocenters. The van der Waals surface area contributed by atoms with Crippen molar-refractivity contribution in [3.63, 3.8) is 0 Å². The van der Waals surface area contributed by atoms with E-state index >= 15 is 0 Å². The zero-order chi connectivity index (χ0) is 26.5. The van der Waals surface area contributed by atoms with Crippen molar-refractivity contribution in [1.29, 1.82) is 10.5 Å². The molecule has 3 saturated heterocycles. The minimum Gasteiger partial charge on any atom is -0.493 e. The molecule has 2 bridgehead atoms. The Hall–Kier alpha value is -4.27. The van der Waals surface area contributed by atoms with Gasteiger partial charge in [0.2, 0.25) is 11.8 Å². The van der Waals surface area contributed by atoms with Crippen LogP contribution >= 0.6 is 0 Å². The molecule has 7 nitrogen and oxygen atoms in total. The molecule has 0 radical (unpaired) electrons. The zero-order valence-electron chi connectivity index (χ0n) is 20.5. The van der Waals surface area contributed by atoms with E-state index < -0.39 is 23.0 Å². The summed E-state index contributed by atoms with van der Waals surface area (Å²) >= 11 is 0. The largest absolute Gasteiger partial charge is 0.493 e. The lowest BCUT2D eigenvalue weighted by Gasteiger charge is -2.31. The average Bonchev–Trinajstić information content (AvgIpc) is 3.54. The van der Waals surface area contributed by atoms with Crippen molar-refractivity contribution in [1.82, 2.24) is 0 Å². The minimum absolute atomic E-state index is 0.215. The summed E-state index contributed by atoms with van der Waals surface area (Å²) in [5.74, 6) is -1.90. The van der Waals surface area contributed by atoms with E-state index in [-0.39, 0.29) is 30.7 Å². The summed E-state index contributed by atoms with van der Waals surface area (Å²) in [7, 11) is 0. The number of carbonyl (C=O) groups is 2. The van der Waals surface area contributed by atoms with E-state index in [0.717, 1.165) is 0 Å². The fourth-order valence-corrected chi connectivity index (χ4v) is 6.71. The summed E-state index contributed by atoms with van der Waals surface area (Å²) in [6, 6.07) is 20.6. The zero-order valence-corrected chi connectivity index (χ0v) is 20.5. The fraction of sp³-hybridized carbons (Fsp3) is 0.333. The number of benzene rings is 3. The SMILES string of the molecule is N#CCC[C@@]12CC[C@@](CCOc3ccc(F)cc3)(O1)[C@H]1C(=O)N(c3ccc(C#N)c4ccccc34)C(=O)[C@H]12. The van der Waals surface area contributed by atoms with Gasteiger partial charge < -0.3 is 9.47 Å². The molecule has 190 valence electrons. The third kappa shape index (κ3) is 3.48. The van der Waals surface area contributed by atoms with Gasteiger partial charge in [0, 0.05) is 23.6 Å². The Morgan fingerprint density at radius 3 is 2.24 bits per heavy atom. The summed E-state index contributed by atoms with van der Waals surface area (Å²) < 4.78 is 25.7. The number of hydrogen-bond acceptors (Lipinski definition) is 6. The fourth-order valence-electron chi connectivity index (χ4n) is 6.71. The van der Waals surface area contributed by atoms with Gasteiger partial charge in [0.05, 0.1) is 53.0 Å². The van der Waals surface area contributed by atoms with Gasteiger partial charge in [-0.2, -0.15) is 10.5 Å². The van der Waals surface area contributed by atoms with Crippen LogP contribution in [0.1, 0.15) is 37.7 Å². The third-order valence-electron chi connectivity index (χ3n) is 8.35. The minimum atomic E-state index is -0.899. The number of hydrogen-bond donors (Lipinski definition) is 0. The summed E-state index contributed by atoms with van der Waals surface area (Å²) in [6.07, 6.45) is 2.11. The Balaban J connectivity index is 1.36. The summed E-state index contributed by atoms with van der Waals surface area (Å²) in [6.45, 7) is 0.227. The highest BCUT2D eigenvalue weighted by molar-refractivity contribution is 6.26. The average molecular weight is 510 g/mol. The quantitative estimate of drug-likeness (QED) is 0.414. The lowest BCUT2D eigenvalue weighted by atomic mass is 9.65. The Morgan fingerprint density at radius 2 is 1.58 bits per heavy atom. The first-order chi connectivity index (χ1) is 18.4. The van der Waals surface area contributed by atoms with Gasteiger partial charge in [-0.1, -0.05) is 24.3 Å². The number of carbonyl (C=O) groups excluding carboxylic acids is 2. The molecule has 6 rings (SSSR count). The molecule has 38 heavy (non-hydrogen) atoms. The first-order valence-electron chi connectivity index (χ1n) is 12.7. The number of rotatable bonds is 7. The van der Waals surface area contributed by atoms with Crippen molar-refractivity contribution < 1.29 is 23.5 Å². The lowest BCUT2D eigenvalue weighted by Crippen LogP contribution is -2.43. The van der Waals surface area contributed by atoms with Gasteiger partial charge in [-0.05, 0) is 55.7 Å². The second kappa shape index (κ2) is 8.93. The molecule has 3 aliphatic heterocycles. The Morgan fingerprint density at radius 1 is 0.921 bits per heavy atom. The van der Waals surface area contributed by atoms with Gasteiger partial charge in [-0.15, -0.1) is 0 Å². The molecular formula is C30H24FN3O4. The number of halogens is 1. The first-order valence-corrected chi connectivity index (χ1v) is 12.7. The summed E-state index contributed by atoms with van der Waals surface area (Å²) in [4.78, 5) is 29.4. The Bertz CT molecular complexity index is 1540. The van der Waals surface area contributed by atoms with Crippen LogP contribution in [0.2, 0.25) is 0 Å². The van der Waals surface area contributed by atoms with Crippen LogP contribution in [0.4, 0.5) is 10.1 Å². The highest BCUT2D eigenvalue weighted by Gasteiger charge is 2.75. The van der Waals surface area contributed by atoms with Crippen LogP contribution in [0.3, 0.4) is 0 Å². The molecule has 3 aliphatic rings. The number of fused-ring (bicyclic) bond motifs is 6. The van der Waals surface area contributed by atoms with E-state index in [2.05, 4.69) is 12.1 Å². The van der Waals surface area contributed by atoms with Crippen molar-refractivity contribution in [2.45, 2.75) is 43.3 Å². The molecule has 2 amide bonds. The normalized spacial score (nSPS) is 27.4. The number of imide groups is 1. The van der Waals surface area contributed by atoms with Crippen LogP contribution in [-0.4, -0.2) is 29.6 Å². The van der Waals surface area contributed by atoms with Gasteiger partial charge in [0.25, 0.3) is 0 Å². The predicted molar refractivity (Wildman–Crippen MR) is 135 cm³/mol. The smallest absolute Gasteiger partial charge is 0.240 e. The Labute approximate surface area is 219 Å². The number of nitrogens with zero attached hydrogens (tertiary/aromatic N) is 3. The van der Waals surface area contributed by atoms with Gasteiger partial charge in [0.1, 0.15) is 11.6 Å². The summed E-state index contributed by atoms with van der Waals surface area (Å²) in [5.41, 5.74) is -0.868. The molecule has 8 heteroatoms. The third-order valence-corrected chi connectivity index (χ3v) is 8.35. The van der Waals surface area contributed by atoms with Crippen LogP contribution in [0.25, 0.3) is 10.8 Å². The van der Waals surface area contributed by atoms with Gasteiger partial charge in [-0.25, -0.2) is 9.29 Å². The molecule has 0 spiro atoms. The standard InChI is InChI=1S/C30H24FN3O4/c31-20-7-9-21(10-8-20)37-17-15-30-14-13-29(38-30,12-3-16-32)25-26(30)28(36)34(27(25)35)24-11-6-19(18-33)22-4-1-2-5-23(22)24/h1-2,4-11,25-26H,3,12-15,17H2/t25-,26+,29-,30-/m0/s1. The maximum Gasteiger partial charge on any atom is 0.240 e. The summed E-state index contributed by atoms with van der Waals surface area (Å²) in [5, 5.41) is 20.2. The van der Waals surface area contributed by atoms with Crippen LogP contribution in [0, 0.1) is 40.3 Å². The molecule has 3 heterocycles. The van der Waals surface area contributed by atoms with E-state index in [0.29, 0.717) is 53.5 Å². The monoisotopic (exact) mass is 509 g/mol. The van der Waals surface area contributed by atoms with Gasteiger partial charge >= 0.3 is 0 Å². The van der Waals surface area contributed by atoms with Crippen molar-refractivity contribution in [3.8, 4) is 17.9 Å². The highest BCUT2D eigenvalue weighted by Crippen LogP contribution is 2.64. The molecule has 0 aliphatic carbocycles. The van der Waals surface area contributed by atoms with Crippen molar-refractivity contribution >= 4 is 28.3 Å². The predicted octanol–water partition coefficient (Wildman–Crippen LogP) is 5.03. The number of ether oxygens (including phenoxy) is 2. The molecular weight excluding hydrogens is 485 g/mol. The lowest BCUT2D eigenvalue weighted by molar-refractivity contribution is -0.132. The maximum atomic E-state index is 14.1. The van der Waals surface area contributed by atoms with E-state index in [4.69, 9.17) is 9.47 Å². The molecule has 3 aromatic carbocycles. The van der Waals surface area contributed by atoms with E-state index in [1.165, 1.54) is 17.0 Å². The molecule has 0 N–H and O–H groups in total. The second-order valence-electron chi connectivity index (χ2n) is 10.2. The molecule has 0 unspecified atom stereocenters. The Kier molecular flexibility index (Phi) is 5.66. The van der Waals surface area contributed by atoms with Crippen LogP contribution in [-0.2, 0) is 14.3 Å². The molecule has 3 aromatic rings. The van der Waals surface area contributed by atoms with Gasteiger partial charge in [-0.3, -0.25) is 9.59 Å². The molecule has 3 fully saturated rings. The topological polar surface area (TPSA) is 103 Å². The highest BCUT2D eigenvalue weighted by atomic mass is 19.1. The van der Waals surface area contributed by atoms with Crippen LogP contribution in [0.15, 0.2) is 60.7 Å². The maximum absolute atomic E-state index is 14.1. The molecule has 0 aromatic heterocycles. The van der Waals surface area contributed by atoms with Gasteiger partial charge in [0.15, 0.2) is 0 Å². The van der Waals surface area contributed by atoms with Crippen molar-refractivity contribution in [2.75, 3.05) is 11.5 Å². The number of amides is 2. The van der Waals surface area contributed by atoms with Crippen LogP contribution in [0.5, 0.6) is 5.75 Å². The number of nitriles is 2.